The topological polar surface area (TPSA) is 72.9 Å². The number of pyridine rings is 1. The molecule has 6 rings (SSSR count). The molecule has 7 nitrogen and oxygen atoms in total. The number of nitrogens with one attached hydrogen (secondary N) is 1. The van der Waals surface area contributed by atoms with E-state index in [4.69, 9.17) is 49.0 Å². The zero-order valence-corrected chi connectivity index (χ0v) is 28.0. The summed E-state index contributed by atoms with van der Waals surface area (Å²) in [7, 11) is 1.71. The molecule has 1 aliphatic carbocycles. The highest BCUT2D eigenvalue weighted by Gasteiger charge is 2.48. The van der Waals surface area contributed by atoms with Crippen molar-refractivity contribution in [2.45, 2.75) is 76.0 Å². The maximum atomic E-state index is 14.5. The fourth-order valence-corrected chi connectivity index (χ4v) is 7.71. The molecule has 2 aliphatic heterocycles. The van der Waals surface area contributed by atoms with Crippen LogP contribution >= 0.6 is 34.8 Å². The van der Waals surface area contributed by atoms with Crippen molar-refractivity contribution in [2.24, 2.45) is 5.92 Å². The number of carbonyl (C=O) groups is 1. The number of rotatable bonds is 13. The smallest absolute Gasteiger partial charge is 0.228 e. The summed E-state index contributed by atoms with van der Waals surface area (Å²) in [4.78, 5) is 21.2. The second-order valence-corrected chi connectivity index (χ2v) is 13.7. The van der Waals surface area contributed by atoms with E-state index in [1.165, 1.54) is 0 Å². The molecule has 0 unspecified atom stereocenters. The van der Waals surface area contributed by atoms with Gasteiger partial charge in [0.2, 0.25) is 11.8 Å². The Bertz CT molecular complexity index is 1480. The number of aromatic nitrogens is 1. The Morgan fingerprint density at radius 2 is 1.73 bits per heavy atom. The van der Waals surface area contributed by atoms with Crippen molar-refractivity contribution < 1.29 is 19.0 Å². The molecule has 3 fully saturated rings. The average molecular weight is 673 g/mol. The van der Waals surface area contributed by atoms with Gasteiger partial charge in [-0.05, 0) is 91.8 Å². The molecule has 240 valence electrons. The van der Waals surface area contributed by atoms with Crippen LogP contribution in [0.5, 0.6) is 11.6 Å². The Morgan fingerprint density at radius 3 is 2.44 bits per heavy atom. The zero-order valence-electron chi connectivity index (χ0n) is 25.7. The normalized spacial score (nSPS) is 22.3. The lowest BCUT2D eigenvalue weighted by atomic mass is 9.76. The van der Waals surface area contributed by atoms with Crippen molar-refractivity contribution in [2.75, 3.05) is 26.9 Å². The average Bonchev–Trinajstić information content (AvgIpc) is 3.80. The lowest BCUT2D eigenvalue weighted by Gasteiger charge is -2.40. The van der Waals surface area contributed by atoms with Crippen LogP contribution in [0.4, 0.5) is 0 Å². The van der Waals surface area contributed by atoms with E-state index in [0.717, 1.165) is 60.8 Å². The largest absolute Gasteiger partial charge is 0.487 e. The van der Waals surface area contributed by atoms with E-state index in [-0.39, 0.29) is 43.0 Å². The van der Waals surface area contributed by atoms with Crippen LogP contribution in [0.25, 0.3) is 0 Å². The molecule has 1 aromatic heterocycles. The number of fused-ring (bicyclic) bond motifs is 2. The number of ether oxygens (including phenoxy) is 3. The van der Waals surface area contributed by atoms with Gasteiger partial charge in [0.1, 0.15) is 13.2 Å². The molecule has 1 N–H and O–H groups in total. The second kappa shape index (κ2) is 14.5. The predicted molar refractivity (Wildman–Crippen MR) is 178 cm³/mol. The number of aryl methyl sites for hydroxylation is 1. The lowest BCUT2D eigenvalue weighted by Crippen LogP contribution is -2.52. The van der Waals surface area contributed by atoms with Crippen molar-refractivity contribution in [3.05, 3.63) is 86.0 Å². The Morgan fingerprint density at radius 1 is 0.956 bits per heavy atom. The van der Waals surface area contributed by atoms with Crippen LogP contribution in [0.15, 0.2) is 48.7 Å². The molecule has 3 aromatic rings. The summed E-state index contributed by atoms with van der Waals surface area (Å²) in [5.74, 6) is 1.09. The summed E-state index contributed by atoms with van der Waals surface area (Å²) in [6, 6.07) is 14.5. The van der Waals surface area contributed by atoms with Gasteiger partial charge in [0.15, 0.2) is 5.75 Å². The highest BCUT2D eigenvalue weighted by Crippen LogP contribution is 2.44. The van der Waals surface area contributed by atoms with Gasteiger partial charge in [-0.15, -0.1) is 0 Å². The first-order valence-corrected chi connectivity index (χ1v) is 16.9. The first kappa shape index (κ1) is 32.4. The van der Waals surface area contributed by atoms with Crippen LogP contribution in [0, 0.1) is 12.8 Å². The van der Waals surface area contributed by atoms with Gasteiger partial charge in [0.25, 0.3) is 0 Å². The number of carbonyl (C=O) groups excluding carboxylic acids is 1. The van der Waals surface area contributed by atoms with E-state index in [9.17, 15) is 4.79 Å². The third kappa shape index (κ3) is 7.71. The van der Waals surface area contributed by atoms with E-state index in [1.807, 2.05) is 43.5 Å². The standard InChI is InChI=1S/C35H40Cl3N3O4/c1-21-15-29(37)34(30(38)16-21)45-14-13-44-32-10-4-23(19-39-32)27-18-25-5-9-31(40-25)33(27)35(42)41(26-6-7-26)20-24-17-22(11-12-43-2)3-8-28(24)36/h3-4,8,10,15-17,19,25-27,31,33,40H,5-7,9,11-14,18,20H2,1-2H3/t25-,27+,31+,33+/m0/s1. The fraction of sp³-hybridized carbons (Fsp3) is 0.486. The summed E-state index contributed by atoms with van der Waals surface area (Å²) in [5, 5.41) is 5.39. The fourth-order valence-electron chi connectivity index (χ4n) is 6.82. The van der Waals surface area contributed by atoms with Crippen molar-refractivity contribution in [1.29, 1.82) is 0 Å². The molecular formula is C35H40Cl3N3O4. The number of hydrogen-bond donors (Lipinski definition) is 1. The van der Waals surface area contributed by atoms with Crippen LogP contribution in [-0.4, -0.2) is 60.8 Å². The monoisotopic (exact) mass is 671 g/mol. The molecule has 45 heavy (non-hydrogen) atoms. The van der Waals surface area contributed by atoms with Crippen molar-refractivity contribution in [1.82, 2.24) is 15.2 Å². The van der Waals surface area contributed by atoms with Crippen molar-refractivity contribution in [3.8, 4) is 11.6 Å². The van der Waals surface area contributed by atoms with Gasteiger partial charge >= 0.3 is 0 Å². The Kier molecular flexibility index (Phi) is 10.4. The summed E-state index contributed by atoms with van der Waals surface area (Å²) >= 11 is 19.2. The highest BCUT2D eigenvalue weighted by atomic mass is 35.5. The number of nitrogens with zero attached hydrogens (tertiary/aromatic N) is 2. The molecule has 1 amide bonds. The minimum atomic E-state index is -0.161. The summed E-state index contributed by atoms with van der Waals surface area (Å²) in [6.45, 7) is 3.66. The van der Waals surface area contributed by atoms with Crippen LogP contribution in [0.3, 0.4) is 0 Å². The first-order valence-electron chi connectivity index (χ1n) is 15.8. The van der Waals surface area contributed by atoms with E-state index in [0.29, 0.717) is 45.9 Å². The molecule has 2 bridgehead atoms. The van der Waals surface area contributed by atoms with Gasteiger partial charge in [-0.2, -0.15) is 0 Å². The zero-order chi connectivity index (χ0) is 31.5. The molecule has 1 saturated carbocycles. The number of piperidine rings is 1. The number of methoxy groups -OCH3 is 1. The maximum absolute atomic E-state index is 14.5. The first-order chi connectivity index (χ1) is 21.8. The number of halogens is 3. The third-order valence-corrected chi connectivity index (χ3v) is 10.1. The maximum Gasteiger partial charge on any atom is 0.228 e. The molecule has 2 saturated heterocycles. The summed E-state index contributed by atoms with van der Waals surface area (Å²) in [5.41, 5.74) is 4.20. The third-order valence-electron chi connectivity index (χ3n) is 9.19. The lowest BCUT2D eigenvalue weighted by molar-refractivity contribution is -0.139. The Balaban J connectivity index is 1.13. The van der Waals surface area contributed by atoms with Crippen LogP contribution < -0.4 is 14.8 Å². The minimum Gasteiger partial charge on any atom is -0.487 e. The van der Waals surface area contributed by atoms with Gasteiger partial charge in [-0.25, -0.2) is 4.98 Å². The Hall–Kier alpha value is -2.55. The number of benzene rings is 2. The molecule has 10 heteroatoms. The quantitative estimate of drug-likeness (QED) is 0.191. The van der Waals surface area contributed by atoms with E-state index in [1.54, 1.807) is 7.11 Å². The minimum absolute atomic E-state index is 0.0803. The highest BCUT2D eigenvalue weighted by molar-refractivity contribution is 6.37. The molecule has 0 radical (unpaired) electrons. The van der Waals surface area contributed by atoms with Crippen LogP contribution in [0.1, 0.15) is 60.3 Å². The molecule has 3 heterocycles. The van der Waals surface area contributed by atoms with Crippen LogP contribution in [-0.2, 0) is 22.5 Å². The van der Waals surface area contributed by atoms with Crippen molar-refractivity contribution in [3.63, 3.8) is 0 Å². The second-order valence-electron chi connectivity index (χ2n) is 12.5. The van der Waals surface area contributed by atoms with E-state index < -0.39 is 0 Å². The molecular weight excluding hydrogens is 633 g/mol. The molecule has 3 aliphatic rings. The number of amides is 1. The van der Waals surface area contributed by atoms with Gasteiger partial charge in [0.05, 0.1) is 22.6 Å². The van der Waals surface area contributed by atoms with E-state index in [2.05, 4.69) is 27.3 Å². The van der Waals surface area contributed by atoms with Gasteiger partial charge in [-0.1, -0.05) is 53.0 Å². The molecule has 0 spiro atoms. The van der Waals surface area contributed by atoms with Crippen LogP contribution in [0.2, 0.25) is 15.1 Å². The SMILES string of the molecule is COCCc1ccc(Cl)c(CN(C(=O)[C@@H]2[C@@H](c3ccc(OCCOc4c(Cl)cc(C)cc4Cl)nc3)C[C@@H]3CC[C@H]2N3)C2CC2)c1. The predicted octanol–water partition coefficient (Wildman–Crippen LogP) is 7.41. The molecule has 2 aromatic carbocycles. The molecule has 4 atom stereocenters. The summed E-state index contributed by atoms with van der Waals surface area (Å²) < 4.78 is 16.9. The van der Waals surface area contributed by atoms with Gasteiger partial charge in [-0.3, -0.25) is 4.79 Å². The Labute approximate surface area is 280 Å². The van der Waals surface area contributed by atoms with E-state index >= 15 is 0 Å². The summed E-state index contributed by atoms with van der Waals surface area (Å²) in [6.07, 6.45) is 7.75. The van der Waals surface area contributed by atoms with Crippen molar-refractivity contribution >= 4 is 40.7 Å². The van der Waals surface area contributed by atoms with Gasteiger partial charge in [0, 0.05) is 49.1 Å². The van der Waals surface area contributed by atoms with Gasteiger partial charge < -0.3 is 24.4 Å². The number of hydrogen-bond acceptors (Lipinski definition) is 6.